The van der Waals surface area contributed by atoms with Crippen LogP contribution in [-0.4, -0.2) is 20.9 Å². The molecular weight excluding hydrogens is 403 g/mol. The van der Waals surface area contributed by atoms with Crippen LogP contribution in [0.1, 0.15) is 43.1 Å². The molecule has 7 heteroatoms. The predicted octanol–water partition coefficient (Wildman–Crippen LogP) is 4.70. The molecule has 1 aliphatic carbocycles. The molecule has 1 amide bonds. The van der Waals surface area contributed by atoms with Crippen molar-refractivity contribution in [2.45, 2.75) is 39.2 Å². The van der Waals surface area contributed by atoms with E-state index in [0.717, 1.165) is 29.7 Å². The van der Waals surface area contributed by atoms with Crippen molar-refractivity contribution in [1.82, 2.24) is 20.3 Å². The first kappa shape index (κ1) is 20.4. The Balaban J connectivity index is 1.59. The van der Waals surface area contributed by atoms with Gasteiger partial charge in [-0.15, -0.1) is 0 Å². The first-order chi connectivity index (χ1) is 14.3. The second-order valence-corrected chi connectivity index (χ2v) is 8.78. The van der Waals surface area contributed by atoms with E-state index < -0.39 is 5.82 Å². The van der Waals surface area contributed by atoms with Crippen LogP contribution in [0.3, 0.4) is 0 Å². The topological polar surface area (TPSA) is 67.8 Å². The van der Waals surface area contributed by atoms with Gasteiger partial charge in [0.1, 0.15) is 5.82 Å². The second kappa shape index (κ2) is 8.11. The minimum atomic E-state index is -0.479. The lowest BCUT2D eigenvalue weighted by molar-refractivity contribution is -0.121. The van der Waals surface area contributed by atoms with Gasteiger partial charge >= 0.3 is 0 Å². The lowest BCUT2D eigenvalue weighted by Crippen LogP contribution is -2.38. The van der Waals surface area contributed by atoms with Gasteiger partial charge < -0.3 is 5.32 Å². The maximum absolute atomic E-state index is 14.1. The first-order valence-corrected chi connectivity index (χ1v) is 10.2. The van der Waals surface area contributed by atoms with Gasteiger partial charge in [-0.3, -0.25) is 9.78 Å². The van der Waals surface area contributed by atoms with E-state index in [-0.39, 0.29) is 34.4 Å². The molecule has 154 valence electrons. The quantitative estimate of drug-likeness (QED) is 0.659. The molecule has 30 heavy (non-hydrogen) atoms. The zero-order valence-electron chi connectivity index (χ0n) is 16.8. The molecule has 0 bridgehead atoms. The molecule has 1 atom stereocenters. The monoisotopic (exact) mass is 424 g/mol. The van der Waals surface area contributed by atoms with Crippen molar-refractivity contribution in [3.05, 3.63) is 76.6 Å². The van der Waals surface area contributed by atoms with Crippen molar-refractivity contribution >= 4 is 17.5 Å². The number of hydrogen-bond donors (Lipinski definition) is 1. The van der Waals surface area contributed by atoms with E-state index in [4.69, 9.17) is 16.6 Å². The molecule has 1 aliphatic rings. The van der Waals surface area contributed by atoms with Crippen molar-refractivity contribution in [2.24, 2.45) is 5.41 Å². The summed E-state index contributed by atoms with van der Waals surface area (Å²) < 4.78 is 14.1. The van der Waals surface area contributed by atoms with E-state index in [1.54, 1.807) is 24.7 Å². The number of benzene rings is 1. The minimum absolute atomic E-state index is 0.0511. The number of nitrogens with zero attached hydrogens (tertiary/aromatic N) is 3. The van der Waals surface area contributed by atoms with E-state index in [1.807, 2.05) is 12.1 Å². The summed E-state index contributed by atoms with van der Waals surface area (Å²) in [5.74, 6) is -0.127. The molecule has 0 spiro atoms. The number of pyridine rings is 1. The number of carbonyl (C=O) groups is 1. The van der Waals surface area contributed by atoms with Gasteiger partial charge in [0.15, 0.2) is 5.82 Å². The molecule has 0 fully saturated rings. The summed E-state index contributed by atoms with van der Waals surface area (Å²) in [6, 6.07) is 7.91. The van der Waals surface area contributed by atoms with Crippen LogP contribution in [-0.2, 0) is 17.6 Å². The summed E-state index contributed by atoms with van der Waals surface area (Å²) in [5, 5.41) is 3.29. The summed E-state index contributed by atoms with van der Waals surface area (Å²) in [7, 11) is 0. The lowest BCUT2D eigenvalue weighted by Gasteiger charge is -2.36. The Morgan fingerprint density at radius 1 is 1.27 bits per heavy atom. The maximum atomic E-state index is 14.1. The van der Waals surface area contributed by atoms with E-state index in [2.05, 4.69) is 29.1 Å². The van der Waals surface area contributed by atoms with Crippen LogP contribution in [0.25, 0.3) is 11.4 Å². The van der Waals surface area contributed by atoms with Gasteiger partial charge in [-0.2, -0.15) is 0 Å². The van der Waals surface area contributed by atoms with E-state index >= 15 is 0 Å². The third-order valence-corrected chi connectivity index (χ3v) is 5.70. The summed E-state index contributed by atoms with van der Waals surface area (Å²) in [5.41, 5.74) is 2.87. The summed E-state index contributed by atoms with van der Waals surface area (Å²) in [6.07, 6.45) is 6.61. The van der Waals surface area contributed by atoms with E-state index in [1.165, 1.54) is 12.1 Å². The van der Waals surface area contributed by atoms with Gasteiger partial charge in [0.05, 0.1) is 18.2 Å². The normalized spacial score (nSPS) is 17.3. The van der Waals surface area contributed by atoms with Crippen LogP contribution in [0.15, 0.2) is 48.9 Å². The van der Waals surface area contributed by atoms with E-state index in [9.17, 15) is 9.18 Å². The Morgan fingerprint density at radius 2 is 2.03 bits per heavy atom. The number of aromatic nitrogens is 3. The molecular formula is C23H22ClFN4O. The van der Waals surface area contributed by atoms with Crippen LogP contribution in [0.4, 0.5) is 4.39 Å². The lowest BCUT2D eigenvalue weighted by atomic mass is 9.74. The molecule has 0 aliphatic heterocycles. The van der Waals surface area contributed by atoms with Crippen molar-refractivity contribution < 1.29 is 9.18 Å². The Kier molecular flexibility index (Phi) is 5.52. The van der Waals surface area contributed by atoms with Gasteiger partial charge in [-0.1, -0.05) is 31.5 Å². The number of hydrogen-bond acceptors (Lipinski definition) is 4. The van der Waals surface area contributed by atoms with Crippen LogP contribution in [0.2, 0.25) is 5.02 Å². The predicted molar refractivity (Wildman–Crippen MR) is 113 cm³/mol. The van der Waals surface area contributed by atoms with Gasteiger partial charge in [0.2, 0.25) is 5.91 Å². The molecule has 1 unspecified atom stereocenters. The Bertz CT molecular complexity index is 1070. The van der Waals surface area contributed by atoms with Crippen molar-refractivity contribution in [2.75, 3.05) is 0 Å². The average molecular weight is 425 g/mol. The second-order valence-electron chi connectivity index (χ2n) is 8.37. The molecule has 5 nitrogen and oxygen atoms in total. The molecule has 2 aromatic heterocycles. The zero-order valence-corrected chi connectivity index (χ0v) is 17.6. The Morgan fingerprint density at radius 3 is 2.77 bits per heavy atom. The number of carbonyl (C=O) groups excluding carboxylic acids is 1. The SMILES string of the molecule is CC1(C)Cc2nc(-c3ccncc3)ncc2C(NC(=O)Cc2c(F)cccc2Cl)C1. The fraction of sp³-hybridized carbons (Fsp3) is 0.304. The number of amides is 1. The average Bonchev–Trinajstić information content (AvgIpc) is 2.70. The van der Waals surface area contributed by atoms with Gasteiger partial charge in [0.25, 0.3) is 0 Å². The third-order valence-electron chi connectivity index (χ3n) is 5.35. The fourth-order valence-electron chi connectivity index (χ4n) is 3.92. The number of halogens is 2. The van der Waals surface area contributed by atoms with Crippen molar-refractivity contribution in [3.63, 3.8) is 0 Å². The van der Waals surface area contributed by atoms with E-state index in [0.29, 0.717) is 5.82 Å². The van der Waals surface area contributed by atoms with Gasteiger partial charge in [0, 0.05) is 40.3 Å². The highest BCUT2D eigenvalue weighted by atomic mass is 35.5. The van der Waals surface area contributed by atoms with Crippen LogP contribution < -0.4 is 5.32 Å². The summed E-state index contributed by atoms with van der Waals surface area (Å²) in [6.45, 7) is 4.30. The first-order valence-electron chi connectivity index (χ1n) is 9.81. The summed E-state index contributed by atoms with van der Waals surface area (Å²) in [4.78, 5) is 26.0. The molecule has 1 aromatic carbocycles. The molecule has 4 rings (SSSR count). The van der Waals surface area contributed by atoms with Crippen molar-refractivity contribution in [3.8, 4) is 11.4 Å². The van der Waals surface area contributed by atoms with Gasteiger partial charge in [-0.25, -0.2) is 14.4 Å². The largest absolute Gasteiger partial charge is 0.349 e. The highest BCUT2D eigenvalue weighted by Gasteiger charge is 2.34. The standard InChI is InChI=1S/C23H22ClFN4O/c1-23(2)11-19(28-21(30)10-15-17(24)4-3-5-18(15)25)16-13-27-22(29-20(16)12-23)14-6-8-26-9-7-14/h3-9,13,19H,10-12H2,1-2H3,(H,28,30). The van der Waals surface area contributed by atoms with Gasteiger partial charge in [-0.05, 0) is 42.5 Å². The third kappa shape index (κ3) is 4.33. The number of rotatable bonds is 4. The maximum Gasteiger partial charge on any atom is 0.225 e. The molecule has 0 radical (unpaired) electrons. The summed E-state index contributed by atoms with van der Waals surface area (Å²) >= 11 is 6.07. The zero-order chi connectivity index (χ0) is 21.3. The molecule has 2 heterocycles. The van der Waals surface area contributed by atoms with Crippen LogP contribution >= 0.6 is 11.6 Å². The van der Waals surface area contributed by atoms with Crippen molar-refractivity contribution in [1.29, 1.82) is 0 Å². The minimum Gasteiger partial charge on any atom is -0.349 e. The number of nitrogens with one attached hydrogen (secondary N) is 1. The molecule has 3 aromatic rings. The molecule has 1 N–H and O–H groups in total. The van der Waals surface area contributed by atoms with Crippen LogP contribution in [0, 0.1) is 11.2 Å². The fourth-order valence-corrected chi connectivity index (χ4v) is 4.15. The number of fused-ring (bicyclic) bond motifs is 1. The van der Waals surface area contributed by atoms with Crippen LogP contribution in [0.5, 0.6) is 0 Å². The molecule has 0 saturated heterocycles. The highest BCUT2D eigenvalue weighted by Crippen LogP contribution is 2.40. The molecule has 0 saturated carbocycles. The Hall–Kier alpha value is -2.86. The highest BCUT2D eigenvalue weighted by molar-refractivity contribution is 6.31. The smallest absolute Gasteiger partial charge is 0.225 e. The Labute approximate surface area is 179 Å².